The number of rotatable bonds is 3. The Hall–Kier alpha value is -3.02. The van der Waals surface area contributed by atoms with Crippen LogP contribution in [0.2, 0.25) is 10.0 Å². The van der Waals surface area contributed by atoms with Crippen LogP contribution in [0.3, 0.4) is 0 Å². The molecule has 0 radical (unpaired) electrons. The molecule has 1 aromatic heterocycles. The summed E-state index contributed by atoms with van der Waals surface area (Å²) in [4.78, 5) is 27.6. The quantitative estimate of drug-likeness (QED) is 0.292. The van der Waals surface area contributed by atoms with E-state index in [1.54, 1.807) is 19.1 Å². The predicted molar refractivity (Wildman–Crippen MR) is 121 cm³/mol. The fourth-order valence-electron chi connectivity index (χ4n) is 3.86. The summed E-state index contributed by atoms with van der Waals surface area (Å²) in [6.07, 6.45) is 0. The predicted octanol–water partition coefficient (Wildman–Crippen LogP) is 6.14. The number of aliphatic hydroxyl groups excluding tert-OH is 1. The van der Waals surface area contributed by atoms with Gasteiger partial charge in [-0.15, -0.1) is 0 Å². The average Bonchev–Trinajstić information content (AvgIpc) is 3.24. The van der Waals surface area contributed by atoms with E-state index in [1.165, 1.54) is 23.1 Å². The van der Waals surface area contributed by atoms with E-state index in [9.17, 15) is 14.7 Å². The molecule has 1 N–H and O–H groups in total. The lowest BCUT2D eigenvalue weighted by Gasteiger charge is -2.24. The second-order valence-corrected chi connectivity index (χ2v) is 8.41. The molecule has 1 fully saturated rings. The first-order valence-electron chi connectivity index (χ1n) is 9.58. The highest BCUT2D eigenvalue weighted by Crippen LogP contribution is 2.43. The van der Waals surface area contributed by atoms with Crippen molar-refractivity contribution < 1.29 is 19.1 Å². The van der Waals surface area contributed by atoms with Crippen molar-refractivity contribution in [2.45, 2.75) is 26.8 Å². The van der Waals surface area contributed by atoms with Gasteiger partial charge in [-0.1, -0.05) is 29.3 Å². The molecule has 5 nitrogen and oxygen atoms in total. The normalized spacial score (nSPS) is 18.1. The van der Waals surface area contributed by atoms with Gasteiger partial charge in [0.15, 0.2) is 0 Å². The van der Waals surface area contributed by atoms with Crippen LogP contribution in [0.4, 0.5) is 5.69 Å². The molecule has 4 rings (SSSR count). The van der Waals surface area contributed by atoms with Crippen molar-refractivity contribution in [3.8, 4) is 0 Å². The highest BCUT2D eigenvalue weighted by Gasteiger charge is 2.48. The number of anilines is 1. The van der Waals surface area contributed by atoms with Gasteiger partial charge in [-0.25, -0.2) is 0 Å². The Morgan fingerprint density at radius 1 is 0.935 bits per heavy atom. The van der Waals surface area contributed by atoms with Crippen LogP contribution in [0.1, 0.15) is 34.3 Å². The molecule has 0 saturated carbocycles. The Morgan fingerprint density at radius 2 is 1.61 bits per heavy atom. The molecule has 1 atom stereocenters. The molecular weight excluding hydrogens is 437 g/mol. The molecule has 2 aromatic carbocycles. The molecule has 3 aromatic rings. The number of amides is 1. The van der Waals surface area contributed by atoms with Crippen LogP contribution in [0.25, 0.3) is 5.76 Å². The second-order valence-electron chi connectivity index (χ2n) is 7.59. The van der Waals surface area contributed by atoms with Gasteiger partial charge in [-0.2, -0.15) is 0 Å². The van der Waals surface area contributed by atoms with Crippen molar-refractivity contribution >= 4 is 46.3 Å². The summed E-state index contributed by atoms with van der Waals surface area (Å²) in [5.41, 5.74) is 2.64. The third-order valence-corrected chi connectivity index (χ3v) is 5.89. The van der Waals surface area contributed by atoms with Crippen LogP contribution < -0.4 is 4.90 Å². The number of carbonyl (C=O) groups is 2. The molecule has 31 heavy (non-hydrogen) atoms. The highest BCUT2D eigenvalue weighted by atomic mass is 35.5. The fraction of sp³-hybridized carbons (Fsp3) is 0.167. The van der Waals surface area contributed by atoms with Gasteiger partial charge in [-0.05, 0) is 74.4 Å². The van der Waals surface area contributed by atoms with E-state index in [-0.39, 0.29) is 21.9 Å². The molecule has 1 amide bonds. The maximum atomic E-state index is 13.1. The van der Waals surface area contributed by atoms with Crippen molar-refractivity contribution in [3.05, 3.63) is 92.4 Å². The van der Waals surface area contributed by atoms with Crippen molar-refractivity contribution in [1.29, 1.82) is 0 Å². The Morgan fingerprint density at radius 3 is 2.19 bits per heavy atom. The van der Waals surface area contributed by atoms with Gasteiger partial charge in [0.25, 0.3) is 11.7 Å². The van der Waals surface area contributed by atoms with Crippen molar-refractivity contribution in [3.63, 3.8) is 0 Å². The third-order valence-electron chi connectivity index (χ3n) is 5.15. The summed E-state index contributed by atoms with van der Waals surface area (Å²) >= 11 is 12.1. The zero-order valence-corrected chi connectivity index (χ0v) is 18.6. The summed E-state index contributed by atoms with van der Waals surface area (Å²) in [7, 11) is 0. The van der Waals surface area contributed by atoms with E-state index in [4.69, 9.17) is 27.6 Å². The van der Waals surface area contributed by atoms with Crippen molar-refractivity contribution in [2.24, 2.45) is 0 Å². The third kappa shape index (κ3) is 3.75. The van der Waals surface area contributed by atoms with E-state index in [0.717, 1.165) is 11.1 Å². The number of aryl methyl sites for hydroxylation is 3. The van der Waals surface area contributed by atoms with E-state index in [2.05, 4.69) is 0 Å². The molecule has 7 heteroatoms. The monoisotopic (exact) mass is 455 g/mol. The van der Waals surface area contributed by atoms with Crippen LogP contribution in [0, 0.1) is 20.8 Å². The molecule has 0 spiro atoms. The summed E-state index contributed by atoms with van der Waals surface area (Å²) in [5.74, 6) is -0.900. The molecule has 158 valence electrons. The molecular formula is C24H19Cl2NO4. The number of Topliss-reactive ketones (excluding diaryl/α,β-unsaturated/α-hetero) is 1. The summed E-state index contributed by atoms with van der Waals surface area (Å²) < 4.78 is 5.80. The number of nitrogens with zero attached hydrogens (tertiary/aromatic N) is 1. The largest absolute Gasteiger partial charge is 0.507 e. The Balaban J connectivity index is 1.96. The summed E-state index contributed by atoms with van der Waals surface area (Å²) in [6.45, 7) is 5.59. The van der Waals surface area contributed by atoms with Gasteiger partial charge in [0.2, 0.25) is 0 Å². The van der Waals surface area contributed by atoms with Crippen LogP contribution in [0.15, 0.2) is 58.5 Å². The van der Waals surface area contributed by atoms with Gasteiger partial charge in [0.1, 0.15) is 23.3 Å². The highest BCUT2D eigenvalue weighted by molar-refractivity contribution is 6.51. The Kier molecular flexibility index (Phi) is 5.42. The van der Waals surface area contributed by atoms with Crippen LogP contribution in [0.5, 0.6) is 0 Å². The van der Waals surface area contributed by atoms with E-state index >= 15 is 0 Å². The summed E-state index contributed by atoms with van der Waals surface area (Å²) in [5, 5.41) is 11.6. The minimum atomic E-state index is -0.927. The first kappa shape index (κ1) is 21.2. The number of halogens is 2. The standard InChI is InChI=1S/C24H19Cl2NO4/c1-12-8-13(2)10-16(9-12)27-21(19-7-4-14(3)31-19)20(23(29)24(27)30)22(28)15-5-6-17(25)18(26)11-15/h4-11,21,28H,1-3H3/b22-20-. The van der Waals surface area contributed by atoms with Gasteiger partial charge < -0.3 is 9.52 Å². The molecule has 1 unspecified atom stereocenters. The minimum absolute atomic E-state index is 0.0723. The van der Waals surface area contributed by atoms with Crippen LogP contribution in [-0.2, 0) is 9.59 Å². The lowest BCUT2D eigenvalue weighted by Crippen LogP contribution is -2.29. The maximum absolute atomic E-state index is 13.1. The lowest BCUT2D eigenvalue weighted by molar-refractivity contribution is -0.132. The van der Waals surface area contributed by atoms with E-state index in [0.29, 0.717) is 22.2 Å². The van der Waals surface area contributed by atoms with Crippen molar-refractivity contribution in [1.82, 2.24) is 0 Å². The number of furan rings is 1. The number of benzene rings is 2. The Bertz CT molecular complexity index is 1240. The van der Waals surface area contributed by atoms with Crippen molar-refractivity contribution in [2.75, 3.05) is 4.90 Å². The number of hydrogen-bond donors (Lipinski definition) is 1. The van der Waals surface area contributed by atoms with E-state index < -0.39 is 17.7 Å². The molecule has 1 aliphatic rings. The van der Waals surface area contributed by atoms with Gasteiger partial charge in [-0.3, -0.25) is 14.5 Å². The van der Waals surface area contributed by atoms with Gasteiger partial charge in [0, 0.05) is 11.3 Å². The average molecular weight is 456 g/mol. The second kappa shape index (κ2) is 7.91. The molecule has 0 bridgehead atoms. The smallest absolute Gasteiger partial charge is 0.300 e. The van der Waals surface area contributed by atoms with Crippen LogP contribution in [-0.4, -0.2) is 16.8 Å². The first-order chi connectivity index (χ1) is 14.7. The zero-order chi connectivity index (χ0) is 22.4. The minimum Gasteiger partial charge on any atom is -0.507 e. The number of aliphatic hydroxyl groups is 1. The topological polar surface area (TPSA) is 70.8 Å². The zero-order valence-electron chi connectivity index (χ0n) is 17.1. The van der Waals surface area contributed by atoms with E-state index in [1.807, 2.05) is 32.0 Å². The molecule has 0 aliphatic carbocycles. The van der Waals surface area contributed by atoms with Gasteiger partial charge >= 0.3 is 0 Å². The molecule has 2 heterocycles. The molecule has 1 aliphatic heterocycles. The molecule has 1 saturated heterocycles. The fourth-order valence-corrected chi connectivity index (χ4v) is 4.16. The Labute approximate surface area is 189 Å². The lowest BCUT2D eigenvalue weighted by atomic mass is 9.99. The van der Waals surface area contributed by atoms with Crippen LogP contribution >= 0.6 is 23.2 Å². The summed E-state index contributed by atoms with van der Waals surface area (Å²) in [6, 6.07) is 12.6. The number of carbonyl (C=O) groups excluding carboxylic acids is 2. The SMILES string of the molecule is Cc1cc(C)cc(N2C(=O)C(=O)/C(=C(\O)c3ccc(Cl)c(Cl)c3)C2c2ccc(C)o2)c1. The number of ketones is 1. The van der Waals surface area contributed by atoms with Gasteiger partial charge in [0.05, 0.1) is 15.6 Å². The first-order valence-corrected chi connectivity index (χ1v) is 10.3. The maximum Gasteiger partial charge on any atom is 0.300 e. The number of hydrogen-bond acceptors (Lipinski definition) is 4.